The van der Waals surface area contributed by atoms with Gasteiger partial charge in [0.05, 0.1) is 11.1 Å². The summed E-state index contributed by atoms with van der Waals surface area (Å²) in [6.07, 6.45) is 1.59. The van der Waals surface area contributed by atoms with Gasteiger partial charge in [-0.3, -0.25) is 4.57 Å². The maximum Gasteiger partial charge on any atom is 0.186 e. The molecular weight excluding hydrogens is 505 g/mol. The van der Waals surface area contributed by atoms with Crippen molar-refractivity contribution in [3.8, 4) is 11.3 Å². The summed E-state index contributed by atoms with van der Waals surface area (Å²) in [5.74, 6) is 0. The standard InChI is InChI=1S/C31H34N3O2PSi/c1-24-15-17-25(18-16-24)30-28-21-29(34(31(28)33-22-32-30)23-36-19-20-38(2,3)4)37(35,26-11-7-5-8-12-26)27-13-9-6-10-14-27/h5-18,21-22H,19-20,23H2,1-4H3. The summed E-state index contributed by atoms with van der Waals surface area (Å²) in [5, 5.41) is 2.43. The van der Waals surface area contributed by atoms with E-state index in [1.807, 2.05) is 71.3 Å². The van der Waals surface area contributed by atoms with E-state index >= 15 is 4.57 Å². The first kappa shape index (κ1) is 26.3. The summed E-state index contributed by atoms with van der Waals surface area (Å²) in [6, 6.07) is 30.9. The lowest BCUT2D eigenvalue weighted by molar-refractivity contribution is 0.0917. The molecule has 0 atom stereocenters. The Morgan fingerprint density at radius 3 is 2.03 bits per heavy atom. The Labute approximate surface area is 225 Å². The predicted molar refractivity (Wildman–Crippen MR) is 161 cm³/mol. The van der Waals surface area contributed by atoms with Crippen LogP contribution in [-0.2, 0) is 16.0 Å². The smallest absolute Gasteiger partial charge is 0.186 e. The Morgan fingerprint density at radius 2 is 1.45 bits per heavy atom. The number of hydrogen-bond donors (Lipinski definition) is 0. The number of aryl methyl sites for hydroxylation is 1. The molecule has 5 nitrogen and oxygen atoms in total. The molecule has 38 heavy (non-hydrogen) atoms. The first-order chi connectivity index (χ1) is 18.3. The van der Waals surface area contributed by atoms with Crippen LogP contribution in [0.3, 0.4) is 0 Å². The molecule has 5 aromatic rings. The Hall–Kier alpha value is -3.31. The molecule has 7 heteroatoms. The van der Waals surface area contributed by atoms with E-state index in [1.54, 1.807) is 6.33 Å². The third-order valence-corrected chi connectivity index (χ3v) is 11.5. The minimum atomic E-state index is -3.26. The molecule has 0 unspecified atom stereocenters. The Morgan fingerprint density at radius 1 is 0.842 bits per heavy atom. The van der Waals surface area contributed by atoms with Gasteiger partial charge in [0, 0.05) is 36.2 Å². The number of ether oxygens (including phenoxy) is 1. The molecule has 0 fully saturated rings. The molecule has 0 radical (unpaired) electrons. The van der Waals surface area contributed by atoms with Crippen LogP contribution in [0.4, 0.5) is 0 Å². The van der Waals surface area contributed by atoms with E-state index in [0.717, 1.165) is 38.9 Å². The summed E-state index contributed by atoms with van der Waals surface area (Å²) in [7, 11) is -4.52. The SMILES string of the molecule is Cc1ccc(-c2ncnc3c2cc(P(=O)(c2ccccc2)c2ccccc2)n3COCC[Si](C)(C)C)cc1. The maximum atomic E-state index is 15.4. The minimum Gasteiger partial charge on any atom is -0.361 e. The lowest BCUT2D eigenvalue weighted by atomic mass is 10.1. The molecule has 2 heterocycles. The summed E-state index contributed by atoms with van der Waals surface area (Å²) >= 11 is 0. The van der Waals surface area contributed by atoms with Crippen LogP contribution >= 0.6 is 7.14 Å². The summed E-state index contributed by atoms with van der Waals surface area (Å²) < 4.78 is 23.6. The van der Waals surface area contributed by atoms with Crippen LogP contribution in [0.25, 0.3) is 22.3 Å². The van der Waals surface area contributed by atoms with Crippen molar-refractivity contribution in [2.45, 2.75) is 39.3 Å². The fourth-order valence-electron chi connectivity index (χ4n) is 4.60. The molecule has 0 aliphatic rings. The topological polar surface area (TPSA) is 57.0 Å². The average molecular weight is 540 g/mol. The number of benzene rings is 3. The Kier molecular flexibility index (Phi) is 7.49. The van der Waals surface area contributed by atoms with Crippen molar-refractivity contribution in [3.05, 3.63) is 103 Å². The van der Waals surface area contributed by atoms with Crippen LogP contribution in [0.15, 0.2) is 97.3 Å². The highest BCUT2D eigenvalue weighted by Gasteiger charge is 2.34. The van der Waals surface area contributed by atoms with Crippen molar-refractivity contribution in [2.75, 3.05) is 6.61 Å². The van der Waals surface area contributed by atoms with Gasteiger partial charge in [-0.05, 0) is 19.0 Å². The van der Waals surface area contributed by atoms with Crippen LogP contribution in [0.5, 0.6) is 0 Å². The molecule has 2 aromatic heterocycles. The molecule has 0 saturated heterocycles. The highest BCUT2D eigenvalue weighted by atomic mass is 31.2. The zero-order chi connectivity index (χ0) is 26.8. The van der Waals surface area contributed by atoms with Crippen LogP contribution < -0.4 is 16.0 Å². The van der Waals surface area contributed by atoms with Crippen molar-refractivity contribution in [1.82, 2.24) is 14.5 Å². The molecule has 0 bridgehead atoms. The van der Waals surface area contributed by atoms with E-state index in [-0.39, 0.29) is 6.73 Å². The average Bonchev–Trinajstić information content (AvgIpc) is 3.31. The highest BCUT2D eigenvalue weighted by Crippen LogP contribution is 2.44. The van der Waals surface area contributed by atoms with Gasteiger partial charge in [-0.15, -0.1) is 0 Å². The molecule has 0 aliphatic carbocycles. The number of fused-ring (bicyclic) bond motifs is 1. The number of rotatable bonds is 9. The molecular formula is C31H34N3O2PSi. The molecule has 0 spiro atoms. The molecule has 0 N–H and O–H groups in total. The summed E-state index contributed by atoms with van der Waals surface area (Å²) in [6.45, 7) is 10.0. The van der Waals surface area contributed by atoms with E-state index in [4.69, 9.17) is 9.72 Å². The van der Waals surface area contributed by atoms with Gasteiger partial charge >= 0.3 is 0 Å². The molecule has 0 aliphatic heterocycles. The maximum absolute atomic E-state index is 15.4. The Balaban J connectivity index is 1.73. The van der Waals surface area contributed by atoms with Gasteiger partial charge in [-0.1, -0.05) is 110 Å². The highest BCUT2D eigenvalue weighted by molar-refractivity contribution is 7.85. The number of nitrogens with zero attached hydrogens (tertiary/aromatic N) is 3. The van der Waals surface area contributed by atoms with Crippen LogP contribution in [-0.4, -0.2) is 29.2 Å². The van der Waals surface area contributed by atoms with Crippen molar-refractivity contribution in [1.29, 1.82) is 0 Å². The zero-order valence-electron chi connectivity index (χ0n) is 22.5. The predicted octanol–water partition coefficient (Wildman–Crippen LogP) is 6.36. The van der Waals surface area contributed by atoms with Crippen LogP contribution in [0, 0.1) is 6.92 Å². The third kappa shape index (κ3) is 5.30. The first-order valence-electron chi connectivity index (χ1n) is 13.0. The van der Waals surface area contributed by atoms with Gasteiger partial charge in [0.2, 0.25) is 0 Å². The minimum absolute atomic E-state index is 0.275. The second-order valence-electron chi connectivity index (χ2n) is 10.9. The first-order valence-corrected chi connectivity index (χ1v) is 18.4. The zero-order valence-corrected chi connectivity index (χ0v) is 24.4. The van der Waals surface area contributed by atoms with E-state index in [2.05, 4.69) is 55.8 Å². The van der Waals surface area contributed by atoms with Gasteiger partial charge in [0.1, 0.15) is 18.7 Å². The third-order valence-electron chi connectivity index (χ3n) is 6.77. The second kappa shape index (κ2) is 10.8. The summed E-state index contributed by atoms with van der Waals surface area (Å²) in [5.41, 5.74) is 4.44. The largest absolute Gasteiger partial charge is 0.361 e. The Bertz CT molecular complexity index is 1530. The van der Waals surface area contributed by atoms with E-state index in [1.165, 1.54) is 5.56 Å². The van der Waals surface area contributed by atoms with E-state index in [9.17, 15) is 0 Å². The van der Waals surface area contributed by atoms with Gasteiger partial charge in [-0.2, -0.15) is 0 Å². The fraction of sp³-hybridized carbons (Fsp3) is 0.226. The van der Waals surface area contributed by atoms with Gasteiger partial charge in [0.25, 0.3) is 0 Å². The summed E-state index contributed by atoms with van der Waals surface area (Å²) in [4.78, 5) is 9.36. The monoisotopic (exact) mass is 539 g/mol. The van der Waals surface area contributed by atoms with Crippen LogP contribution in [0.1, 0.15) is 5.56 Å². The molecule has 194 valence electrons. The van der Waals surface area contributed by atoms with Gasteiger partial charge in [-0.25, -0.2) is 9.97 Å². The molecule has 3 aromatic carbocycles. The normalized spacial score (nSPS) is 12.2. The molecule has 0 saturated carbocycles. The lowest BCUT2D eigenvalue weighted by Crippen LogP contribution is -2.31. The second-order valence-corrected chi connectivity index (χ2v) is 19.2. The number of hydrogen-bond acceptors (Lipinski definition) is 4. The van der Waals surface area contributed by atoms with Crippen molar-refractivity contribution in [2.24, 2.45) is 0 Å². The van der Waals surface area contributed by atoms with E-state index in [0.29, 0.717) is 12.0 Å². The van der Waals surface area contributed by atoms with E-state index < -0.39 is 15.2 Å². The lowest BCUT2D eigenvalue weighted by Gasteiger charge is -2.22. The van der Waals surface area contributed by atoms with Crippen molar-refractivity contribution in [3.63, 3.8) is 0 Å². The number of aromatic nitrogens is 3. The quantitative estimate of drug-likeness (QED) is 0.124. The van der Waals surface area contributed by atoms with Crippen molar-refractivity contribution >= 4 is 42.3 Å². The van der Waals surface area contributed by atoms with Crippen LogP contribution in [0.2, 0.25) is 25.7 Å². The molecule has 5 rings (SSSR count). The van der Waals surface area contributed by atoms with Gasteiger partial charge in [0.15, 0.2) is 7.14 Å². The molecule has 0 amide bonds. The fourth-order valence-corrected chi connectivity index (χ4v) is 8.17. The van der Waals surface area contributed by atoms with Crippen molar-refractivity contribution < 1.29 is 9.30 Å². The van der Waals surface area contributed by atoms with Gasteiger partial charge < -0.3 is 9.30 Å².